The molecule has 0 aliphatic rings. The molecule has 0 aliphatic heterocycles. The van der Waals surface area contributed by atoms with Gasteiger partial charge in [0.1, 0.15) is 0 Å². The monoisotopic (exact) mass is 236 g/mol. The summed E-state index contributed by atoms with van der Waals surface area (Å²) in [7, 11) is 1.83. The van der Waals surface area contributed by atoms with Crippen molar-refractivity contribution in [2.24, 2.45) is 12.8 Å². The molecule has 2 aromatic rings. The summed E-state index contributed by atoms with van der Waals surface area (Å²) >= 11 is 5.91. The molecule has 1 atom stereocenters. The highest BCUT2D eigenvalue weighted by Crippen LogP contribution is 2.17. The molecule has 5 heteroatoms. The highest BCUT2D eigenvalue weighted by molar-refractivity contribution is 6.30. The van der Waals surface area contributed by atoms with Gasteiger partial charge in [0.15, 0.2) is 0 Å². The molecular weight excluding hydrogens is 224 g/mol. The van der Waals surface area contributed by atoms with Gasteiger partial charge in [-0.15, -0.1) is 5.10 Å². The van der Waals surface area contributed by atoms with Crippen LogP contribution in [0.5, 0.6) is 0 Å². The van der Waals surface area contributed by atoms with E-state index in [1.54, 1.807) is 10.9 Å². The fraction of sp³-hybridized carbons (Fsp3) is 0.273. The zero-order valence-electron chi connectivity index (χ0n) is 8.97. The number of halogens is 1. The van der Waals surface area contributed by atoms with Crippen LogP contribution in [0.2, 0.25) is 5.02 Å². The average molecular weight is 237 g/mol. The van der Waals surface area contributed by atoms with E-state index < -0.39 is 0 Å². The summed E-state index contributed by atoms with van der Waals surface area (Å²) in [4.78, 5) is 0. The molecule has 0 fully saturated rings. The molecule has 0 radical (unpaired) electrons. The third-order valence-corrected chi connectivity index (χ3v) is 2.71. The molecule has 0 spiro atoms. The number of aromatic nitrogens is 3. The number of rotatable bonds is 3. The van der Waals surface area contributed by atoms with Crippen LogP contribution < -0.4 is 5.73 Å². The van der Waals surface area contributed by atoms with Crippen molar-refractivity contribution in [1.29, 1.82) is 0 Å². The van der Waals surface area contributed by atoms with E-state index >= 15 is 0 Å². The molecule has 4 nitrogen and oxygen atoms in total. The van der Waals surface area contributed by atoms with Crippen molar-refractivity contribution in [2.75, 3.05) is 0 Å². The third-order valence-electron chi connectivity index (χ3n) is 2.47. The lowest BCUT2D eigenvalue weighted by atomic mass is 10.0. The van der Waals surface area contributed by atoms with E-state index in [0.717, 1.165) is 22.7 Å². The van der Waals surface area contributed by atoms with Crippen molar-refractivity contribution >= 4 is 11.6 Å². The van der Waals surface area contributed by atoms with Gasteiger partial charge in [-0.2, -0.15) is 0 Å². The lowest BCUT2D eigenvalue weighted by molar-refractivity contribution is 0.607. The van der Waals surface area contributed by atoms with Crippen molar-refractivity contribution in [3.63, 3.8) is 0 Å². The summed E-state index contributed by atoms with van der Waals surface area (Å²) in [6.45, 7) is 0. The second kappa shape index (κ2) is 4.63. The standard InChI is InChI=1S/C11H13ClN4/c1-16-11(7-14-15-16)10(13)6-8-3-2-4-9(12)5-8/h2-5,7,10H,6,13H2,1H3. The average Bonchev–Trinajstić information content (AvgIpc) is 2.64. The number of hydrogen-bond donors (Lipinski definition) is 1. The fourth-order valence-electron chi connectivity index (χ4n) is 1.66. The first-order valence-corrected chi connectivity index (χ1v) is 5.39. The van der Waals surface area contributed by atoms with Gasteiger partial charge in [0, 0.05) is 12.1 Å². The van der Waals surface area contributed by atoms with Gasteiger partial charge >= 0.3 is 0 Å². The molecule has 0 saturated heterocycles. The molecule has 0 saturated carbocycles. The quantitative estimate of drug-likeness (QED) is 0.883. The normalized spacial score (nSPS) is 12.7. The van der Waals surface area contributed by atoms with Crippen LogP contribution in [0.15, 0.2) is 30.5 Å². The highest BCUT2D eigenvalue weighted by atomic mass is 35.5. The molecule has 0 bridgehead atoms. The minimum absolute atomic E-state index is 0.113. The Balaban J connectivity index is 2.14. The maximum Gasteiger partial charge on any atom is 0.0754 e. The number of hydrogen-bond acceptors (Lipinski definition) is 3. The topological polar surface area (TPSA) is 56.7 Å². The Labute approximate surface area is 99.0 Å². The van der Waals surface area contributed by atoms with Crippen LogP contribution in [0.1, 0.15) is 17.3 Å². The van der Waals surface area contributed by atoms with Gasteiger partial charge in [0.05, 0.1) is 17.9 Å². The van der Waals surface area contributed by atoms with Crippen LogP contribution in [0, 0.1) is 0 Å². The Morgan fingerprint density at radius 3 is 2.94 bits per heavy atom. The van der Waals surface area contributed by atoms with Crippen LogP contribution in [0.25, 0.3) is 0 Å². The Morgan fingerprint density at radius 1 is 1.50 bits per heavy atom. The first-order chi connectivity index (χ1) is 7.66. The van der Waals surface area contributed by atoms with Gasteiger partial charge < -0.3 is 5.73 Å². The molecule has 1 aromatic heterocycles. The maximum absolute atomic E-state index is 6.08. The molecule has 0 amide bonds. The van der Waals surface area contributed by atoms with Crippen LogP contribution in [-0.2, 0) is 13.5 Å². The maximum atomic E-state index is 6.08. The molecule has 1 heterocycles. The Bertz CT molecular complexity index is 480. The molecule has 2 rings (SSSR count). The van der Waals surface area contributed by atoms with Crippen molar-refractivity contribution in [2.45, 2.75) is 12.5 Å². The molecule has 0 aliphatic carbocycles. The molecule has 16 heavy (non-hydrogen) atoms. The van der Waals surface area contributed by atoms with Crippen LogP contribution in [-0.4, -0.2) is 15.0 Å². The summed E-state index contributed by atoms with van der Waals surface area (Å²) in [5.41, 5.74) is 8.11. The van der Waals surface area contributed by atoms with Gasteiger partial charge in [-0.25, -0.2) is 0 Å². The lowest BCUT2D eigenvalue weighted by Gasteiger charge is -2.11. The second-order valence-electron chi connectivity index (χ2n) is 3.72. The predicted octanol–water partition coefficient (Wildman–Crippen LogP) is 1.71. The van der Waals surface area contributed by atoms with Crippen molar-refractivity contribution in [3.05, 3.63) is 46.7 Å². The molecule has 2 N–H and O–H groups in total. The Morgan fingerprint density at radius 2 is 2.31 bits per heavy atom. The van der Waals surface area contributed by atoms with E-state index in [0.29, 0.717) is 0 Å². The molecule has 1 aromatic carbocycles. The summed E-state index contributed by atoms with van der Waals surface area (Å²) in [6.07, 6.45) is 2.41. The number of benzene rings is 1. The molecule has 1 unspecified atom stereocenters. The minimum Gasteiger partial charge on any atom is -0.322 e. The van der Waals surface area contributed by atoms with Crippen LogP contribution in [0.3, 0.4) is 0 Å². The fourth-order valence-corrected chi connectivity index (χ4v) is 1.87. The number of aryl methyl sites for hydroxylation is 1. The first kappa shape index (κ1) is 11.1. The first-order valence-electron chi connectivity index (χ1n) is 5.01. The smallest absolute Gasteiger partial charge is 0.0754 e. The van der Waals surface area contributed by atoms with Crippen molar-refractivity contribution < 1.29 is 0 Å². The van der Waals surface area contributed by atoms with E-state index in [1.165, 1.54) is 0 Å². The van der Waals surface area contributed by atoms with Gasteiger partial charge in [-0.3, -0.25) is 4.68 Å². The largest absolute Gasteiger partial charge is 0.322 e. The Kier molecular flexibility index (Phi) is 3.22. The van der Waals surface area contributed by atoms with Crippen molar-refractivity contribution in [3.8, 4) is 0 Å². The highest BCUT2D eigenvalue weighted by Gasteiger charge is 2.11. The summed E-state index contributed by atoms with van der Waals surface area (Å²) in [6, 6.07) is 7.59. The molecular formula is C11H13ClN4. The number of nitrogens with zero attached hydrogens (tertiary/aromatic N) is 3. The number of nitrogens with two attached hydrogens (primary N) is 1. The van der Waals surface area contributed by atoms with Crippen LogP contribution in [0.4, 0.5) is 0 Å². The minimum atomic E-state index is -0.113. The van der Waals surface area contributed by atoms with E-state index in [9.17, 15) is 0 Å². The second-order valence-corrected chi connectivity index (χ2v) is 4.16. The summed E-state index contributed by atoms with van der Waals surface area (Å²) in [5.74, 6) is 0. The Hall–Kier alpha value is -1.39. The summed E-state index contributed by atoms with van der Waals surface area (Å²) in [5, 5.41) is 8.40. The van der Waals surface area contributed by atoms with Crippen molar-refractivity contribution in [1.82, 2.24) is 15.0 Å². The van der Waals surface area contributed by atoms with Crippen LogP contribution >= 0.6 is 11.6 Å². The van der Waals surface area contributed by atoms with Gasteiger partial charge in [-0.05, 0) is 24.1 Å². The molecule has 84 valence electrons. The predicted molar refractivity (Wildman–Crippen MR) is 63.1 cm³/mol. The zero-order valence-corrected chi connectivity index (χ0v) is 9.72. The van der Waals surface area contributed by atoms with E-state index in [4.69, 9.17) is 17.3 Å². The van der Waals surface area contributed by atoms with Gasteiger partial charge in [0.25, 0.3) is 0 Å². The van der Waals surface area contributed by atoms with E-state index in [2.05, 4.69) is 10.3 Å². The third kappa shape index (κ3) is 2.40. The summed E-state index contributed by atoms with van der Waals surface area (Å²) < 4.78 is 1.69. The van der Waals surface area contributed by atoms with Gasteiger partial charge in [-0.1, -0.05) is 28.9 Å². The zero-order chi connectivity index (χ0) is 11.5. The lowest BCUT2D eigenvalue weighted by Crippen LogP contribution is -2.17. The van der Waals surface area contributed by atoms with E-state index in [-0.39, 0.29) is 6.04 Å². The SMILES string of the molecule is Cn1nncc1C(N)Cc1cccc(Cl)c1. The van der Waals surface area contributed by atoms with Gasteiger partial charge in [0.2, 0.25) is 0 Å². The van der Waals surface area contributed by atoms with E-state index in [1.807, 2.05) is 31.3 Å².